The quantitative estimate of drug-likeness (QED) is 0.815. The molecule has 0 saturated heterocycles. The molecule has 2 aromatic rings. The van der Waals surface area contributed by atoms with Crippen molar-refractivity contribution >= 4 is 29.1 Å². The molecular weight excluding hydrogens is 316 g/mol. The molecule has 1 aromatic carbocycles. The monoisotopic (exact) mass is 329 g/mol. The fraction of sp³-hybridized carbons (Fsp3) is 0.286. The summed E-state index contributed by atoms with van der Waals surface area (Å²) in [4.78, 5) is 15.4. The van der Waals surface area contributed by atoms with E-state index in [1.54, 1.807) is 25.1 Å². The topological polar surface area (TPSA) is 50.2 Å². The number of benzene rings is 1. The summed E-state index contributed by atoms with van der Waals surface area (Å²) in [6, 6.07) is 7.63. The van der Waals surface area contributed by atoms with E-state index in [4.69, 9.17) is 5.11 Å². The van der Waals surface area contributed by atoms with Gasteiger partial charge < -0.3 is 5.11 Å². The van der Waals surface area contributed by atoms with Gasteiger partial charge in [-0.2, -0.15) is 0 Å². The van der Waals surface area contributed by atoms with Crippen molar-refractivity contribution in [2.75, 3.05) is 5.75 Å². The second-order valence-electron chi connectivity index (χ2n) is 4.42. The van der Waals surface area contributed by atoms with Gasteiger partial charge in [0.1, 0.15) is 0 Å². The summed E-state index contributed by atoms with van der Waals surface area (Å²) in [6.45, 7) is 1.69. The van der Waals surface area contributed by atoms with Crippen LogP contribution >= 0.6 is 23.1 Å². The molecule has 3 nitrogen and oxygen atoms in total. The molecule has 0 atom stereocenters. The molecule has 1 heterocycles. The molecule has 0 saturated carbocycles. The summed E-state index contributed by atoms with van der Waals surface area (Å²) in [7, 11) is 0. The Kier molecular flexibility index (Phi) is 4.95. The number of hydrogen-bond donors (Lipinski definition) is 1. The number of hydrogen-bond acceptors (Lipinski definition) is 4. The van der Waals surface area contributed by atoms with Crippen LogP contribution < -0.4 is 0 Å². The molecule has 7 heteroatoms. The lowest BCUT2D eigenvalue weighted by molar-refractivity contribution is -0.136. The lowest BCUT2D eigenvalue weighted by atomic mass is 10.1. The fourth-order valence-corrected chi connectivity index (χ4v) is 3.85. The number of aliphatic carboxylic acids is 1. The summed E-state index contributed by atoms with van der Waals surface area (Å²) < 4.78 is 28.5. The van der Waals surface area contributed by atoms with Gasteiger partial charge in [-0.1, -0.05) is 42.1 Å². The second-order valence-corrected chi connectivity index (χ2v) is 6.72. The molecule has 0 amide bonds. The molecule has 1 N–H and O–H groups in total. The lowest BCUT2D eigenvalue weighted by Crippen LogP contribution is -2.16. The largest absolute Gasteiger partial charge is 0.481 e. The van der Waals surface area contributed by atoms with Crippen LogP contribution in [-0.2, 0) is 17.1 Å². The average Bonchev–Trinajstić information content (AvgIpc) is 2.78. The molecular formula is C14H13F2NO2S2. The Morgan fingerprint density at radius 2 is 2.05 bits per heavy atom. The van der Waals surface area contributed by atoms with E-state index in [0.29, 0.717) is 14.9 Å². The van der Waals surface area contributed by atoms with E-state index in [2.05, 4.69) is 4.98 Å². The minimum absolute atomic E-state index is 0.0310. The first-order chi connectivity index (χ1) is 9.88. The van der Waals surface area contributed by atoms with E-state index in [1.807, 2.05) is 0 Å². The molecule has 112 valence electrons. The van der Waals surface area contributed by atoms with Gasteiger partial charge in [-0.25, -0.2) is 13.8 Å². The van der Waals surface area contributed by atoms with Crippen molar-refractivity contribution in [1.29, 1.82) is 0 Å². The van der Waals surface area contributed by atoms with Gasteiger partial charge in [0.2, 0.25) is 0 Å². The zero-order chi connectivity index (χ0) is 15.5. The average molecular weight is 329 g/mol. The Labute approximate surface area is 129 Å². The normalized spacial score (nSPS) is 11.6. The standard InChI is InChI=1S/C14H13F2NO2S2/c1-9-11(7-12(18)19)21-13(17-9)20-8-14(15,16)10-5-3-2-4-6-10/h2-6H,7-8H2,1H3,(H,18,19). The molecule has 0 bridgehead atoms. The van der Waals surface area contributed by atoms with Crippen molar-refractivity contribution in [3.63, 3.8) is 0 Å². The maximum Gasteiger partial charge on any atom is 0.308 e. The molecule has 0 aliphatic heterocycles. The first kappa shape index (κ1) is 15.9. The van der Waals surface area contributed by atoms with E-state index >= 15 is 0 Å². The molecule has 0 spiro atoms. The smallest absolute Gasteiger partial charge is 0.308 e. The van der Waals surface area contributed by atoms with Gasteiger partial charge in [-0.3, -0.25) is 4.79 Å². The number of aryl methyl sites for hydroxylation is 1. The highest BCUT2D eigenvalue weighted by atomic mass is 32.2. The van der Waals surface area contributed by atoms with Crippen LogP contribution in [0.15, 0.2) is 34.7 Å². The molecule has 1 aromatic heterocycles. The zero-order valence-electron chi connectivity index (χ0n) is 11.2. The van der Waals surface area contributed by atoms with Crippen LogP contribution in [0.2, 0.25) is 0 Å². The van der Waals surface area contributed by atoms with Crippen LogP contribution in [0.3, 0.4) is 0 Å². The maximum absolute atomic E-state index is 14.0. The zero-order valence-corrected chi connectivity index (χ0v) is 12.8. The van der Waals surface area contributed by atoms with Crippen molar-refractivity contribution in [2.45, 2.75) is 23.6 Å². The second kappa shape index (κ2) is 6.53. The highest BCUT2D eigenvalue weighted by Crippen LogP contribution is 2.36. The van der Waals surface area contributed by atoms with Crippen LogP contribution in [0.1, 0.15) is 16.1 Å². The minimum atomic E-state index is -2.95. The number of carboxylic acids is 1. The van der Waals surface area contributed by atoms with E-state index in [-0.39, 0.29) is 12.0 Å². The summed E-state index contributed by atoms with van der Waals surface area (Å²) >= 11 is 2.11. The van der Waals surface area contributed by atoms with Crippen LogP contribution in [0.5, 0.6) is 0 Å². The number of thioether (sulfide) groups is 1. The number of rotatable bonds is 6. The molecule has 0 unspecified atom stereocenters. The Morgan fingerprint density at radius 3 is 2.67 bits per heavy atom. The van der Waals surface area contributed by atoms with Crippen LogP contribution in [0.4, 0.5) is 8.78 Å². The third-order valence-electron chi connectivity index (χ3n) is 2.76. The molecule has 0 aliphatic rings. The SMILES string of the molecule is Cc1nc(SCC(F)(F)c2ccccc2)sc1CC(=O)O. The van der Waals surface area contributed by atoms with Crippen LogP contribution in [0.25, 0.3) is 0 Å². The first-order valence-corrected chi connectivity index (χ1v) is 7.93. The predicted molar refractivity (Wildman–Crippen MR) is 79.3 cm³/mol. The van der Waals surface area contributed by atoms with Crippen LogP contribution in [-0.4, -0.2) is 21.8 Å². The van der Waals surface area contributed by atoms with E-state index in [9.17, 15) is 13.6 Å². The maximum atomic E-state index is 14.0. The number of alkyl halides is 2. The number of nitrogens with zero attached hydrogens (tertiary/aromatic N) is 1. The van der Waals surface area contributed by atoms with Gasteiger partial charge in [0.05, 0.1) is 17.9 Å². The summed E-state index contributed by atoms with van der Waals surface area (Å²) in [5.74, 6) is -4.32. The number of halogens is 2. The van der Waals surface area contributed by atoms with Crippen molar-refractivity contribution < 1.29 is 18.7 Å². The highest BCUT2D eigenvalue weighted by molar-refractivity contribution is 8.01. The molecule has 0 aliphatic carbocycles. The molecule has 21 heavy (non-hydrogen) atoms. The Bertz CT molecular complexity index is 629. The Balaban J connectivity index is 2.04. The van der Waals surface area contributed by atoms with Gasteiger partial charge in [0, 0.05) is 10.4 Å². The van der Waals surface area contributed by atoms with Gasteiger partial charge in [0.15, 0.2) is 4.34 Å². The van der Waals surface area contributed by atoms with Gasteiger partial charge in [-0.05, 0) is 6.92 Å². The number of carboxylic acid groups (broad SMARTS) is 1. The molecule has 0 radical (unpaired) electrons. The Morgan fingerprint density at radius 1 is 1.38 bits per heavy atom. The van der Waals surface area contributed by atoms with Crippen molar-refractivity contribution in [3.8, 4) is 0 Å². The summed E-state index contributed by atoms with van der Waals surface area (Å²) in [5.41, 5.74) is 0.560. The molecule has 2 rings (SSSR count). The van der Waals surface area contributed by atoms with Gasteiger partial charge in [-0.15, -0.1) is 11.3 Å². The van der Waals surface area contributed by atoms with E-state index in [0.717, 1.165) is 23.1 Å². The van der Waals surface area contributed by atoms with Crippen molar-refractivity contribution in [2.24, 2.45) is 0 Å². The van der Waals surface area contributed by atoms with Crippen molar-refractivity contribution in [3.05, 3.63) is 46.5 Å². The third kappa shape index (κ3) is 4.25. The number of carbonyl (C=O) groups is 1. The third-order valence-corrected chi connectivity index (χ3v) is 5.16. The lowest BCUT2D eigenvalue weighted by Gasteiger charge is -2.15. The van der Waals surface area contributed by atoms with Gasteiger partial charge >= 0.3 is 5.97 Å². The fourth-order valence-electron chi connectivity index (χ4n) is 1.68. The van der Waals surface area contributed by atoms with Crippen LogP contribution in [0, 0.1) is 6.92 Å². The van der Waals surface area contributed by atoms with Crippen molar-refractivity contribution in [1.82, 2.24) is 4.98 Å². The summed E-state index contributed by atoms with van der Waals surface area (Å²) in [6.07, 6.45) is -0.126. The molecule has 0 fully saturated rings. The minimum Gasteiger partial charge on any atom is -0.481 e. The number of thiazole rings is 1. The van der Waals surface area contributed by atoms with Gasteiger partial charge in [0.25, 0.3) is 5.92 Å². The predicted octanol–water partition coefficient (Wildman–Crippen LogP) is 3.96. The van der Waals surface area contributed by atoms with E-state index in [1.165, 1.54) is 12.1 Å². The summed E-state index contributed by atoms with van der Waals surface area (Å²) in [5, 5.41) is 8.76. The Hall–Kier alpha value is -1.47. The highest BCUT2D eigenvalue weighted by Gasteiger charge is 2.31. The first-order valence-electron chi connectivity index (χ1n) is 6.13. The van der Waals surface area contributed by atoms with E-state index < -0.39 is 17.6 Å². The number of aromatic nitrogens is 1.